The first-order chi connectivity index (χ1) is 14.8. The van der Waals surface area contributed by atoms with Crippen molar-refractivity contribution in [3.05, 3.63) is 69.9 Å². The first-order valence-corrected chi connectivity index (χ1v) is 10.9. The number of amides is 2. The molecular weight excluding hydrogens is 416 g/mol. The van der Waals surface area contributed by atoms with Gasteiger partial charge in [-0.3, -0.25) is 30.6 Å². The summed E-state index contributed by atoms with van der Waals surface area (Å²) < 4.78 is 0. The van der Waals surface area contributed by atoms with E-state index in [-0.39, 0.29) is 17.7 Å². The molecular formula is C22H24N4O4S. The van der Waals surface area contributed by atoms with Crippen LogP contribution in [0.25, 0.3) is 10.9 Å². The lowest BCUT2D eigenvalue weighted by atomic mass is 10.1. The second-order valence-electron chi connectivity index (χ2n) is 7.51. The van der Waals surface area contributed by atoms with Crippen LogP contribution in [0.3, 0.4) is 0 Å². The highest BCUT2D eigenvalue weighted by Gasteiger charge is 2.18. The molecule has 8 nitrogen and oxygen atoms in total. The molecule has 2 aromatic carbocycles. The number of nitrogens with zero attached hydrogens (tertiary/aromatic N) is 1. The molecule has 0 radical (unpaired) electrons. The number of H-pyrrole nitrogens is 1. The summed E-state index contributed by atoms with van der Waals surface area (Å²) in [4.78, 5) is 39.2. The Labute approximate surface area is 183 Å². The summed E-state index contributed by atoms with van der Waals surface area (Å²) in [6.07, 6.45) is 2.77. The van der Waals surface area contributed by atoms with Crippen molar-refractivity contribution in [2.75, 3.05) is 5.75 Å². The fraction of sp³-hybridized carbons (Fsp3) is 0.273. The fourth-order valence-corrected chi connectivity index (χ4v) is 4.28. The van der Waals surface area contributed by atoms with Gasteiger partial charge in [0, 0.05) is 28.7 Å². The van der Waals surface area contributed by atoms with Gasteiger partial charge in [-0.1, -0.05) is 32.0 Å². The van der Waals surface area contributed by atoms with Crippen molar-refractivity contribution < 1.29 is 14.5 Å². The van der Waals surface area contributed by atoms with Gasteiger partial charge in [-0.2, -0.15) is 0 Å². The highest BCUT2D eigenvalue weighted by Crippen LogP contribution is 2.31. The molecule has 3 N–H and O–H groups in total. The first kappa shape index (κ1) is 22.4. The van der Waals surface area contributed by atoms with Crippen molar-refractivity contribution in [3.63, 3.8) is 0 Å². The van der Waals surface area contributed by atoms with E-state index in [0.29, 0.717) is 10.8 Å². The van der Waals surface area contributed by atoms with Crippen molar-refractivity contribution in [2.24, 2.45) is 5.92 Å². The fourth-order valence-electron chi connectivity index (χ4n) is 3.02. The maximum absolute atomic E-state index is 12.4. The average Bonchev–Trinajstić information content (AvgIpc) is 3.14. The number of benzene rings is 2. The molecule has 0 aliphatic rings. The number of hydrogen-bond donors (Lipinski definition) is 3. The standard InChI is InChI=1S/C22H24N4O4S/c1-14(2)9-10-31-20-8-7-15(11-19(20)26(29)30)22(28)25-24-21(27)12-16-13-23-18-6-4-3-5-17(16)18/h3-8,11,13-14,23H,9-10,12H2,1-2H3,(H,24,27)(H,25,28). The molecule has 9 heteroatoms. The molecule has 0 saturated heterocycles. The zero-order chi connectivity index (χ0) is 22.4. The third-order valence-corrected chi connectivity index (χ3v) is 5.81. The Balaban J connectivity index is 1.61. The van der Waals surface area contributed by atoms with Gasteiger partial charge < -0.3 is 4.98 Å². The maximum Gasteiger partial charge on any atom is 0.283 e. The molecule has 0 aliphatic carbocycles. The van der Waals surface area contributed by atoms with Gasteiger partial charge in [0.15, 0.2) is 0 Å². The molecule has 0 saturated carbocycles. The second-order valence-corrected chi connectivity index (χ2v) is 8.65. The van der Waals surface area contributed by atoms with Gasteiger partial charge in [0.1, 0.15) is 0 Å². The molecule has 2 amide bonds. The van der Waals surface area contributed by atoms with Crippen LogP contribution in [0.2, 0.25) is 0 Å². The molecule has 0 atom stereocenters. The van der Waals surface area contributed by atoms with E-state index >= 15 is 0 Å². The monoisotopic (exact) mass is 440 g/mol. The third-order valence-electron chi connectivity index (χ3n) is 4.71. The SMILES string of the molecule is CC(C)CCSc1ccc(C(=O)NNC(=O)Cc2c[nH]c3ccccc23)cc1[N+](=O)[O-]. The highest BCUT2D eigenvalue weighted by molar-refractivity contribution is 7.99. The molecule has 0 bridgehead atoms. The molecule has 1 heterocycles. The number of nitro benzene ring substituents is 1. The van der Waals surface area contributed by atoms with Gasteiger partial charge in [0.2, 0.25) is 5.91 Å². The lowest BCUT2D eigenvalue weighted by Crippen LogP contribution is -2.42. The number of aromatic nitrogens is 1. The number of hydrogen-bond acceptors (Lipinski definition) is 5. The quantitative estimate of drug-likeness (QED) is 0.275. The predicted octanol–water partition coefficient (Wildman–Crippen LogP) is 4.22. The molecule has 0 fully saturated rings. The molecule has 31 heavy (non-hydrogen) atoms. The van der Waals surface area contributed by atoms with Gasteiger partial charge >= 0.3 is 0 Å². The number of aromatic amines is 1. The van der Waals surface area contributed by atoms with Crippen LogP contribution in [0, 0.1) is 16.0 Å². The van der Waals surface area contributed by atoms with Crippen LogP contribution in [-0.2, 0) is 11.2 Å². The van der Waals surface area contributed by atoms with Gasteiger partial charge in [-0.15, -0.1) is 11.8 Å². The van der Waals surface area contributed by atoms with Crippen LogP contribution in [0.1, 0.15) is 36.2 Å². The summed E-state index contributed by atoms with van der Waals surface area (Å²) in [5.74, 6) is 0.251. The van der Waals surface area contributed by atoms with Gasteiger partial charge in [-0.25, -0.2) is 0 Å². The van der Waals surface area contributed by atoms with E-state index in [1.54, 1.807) is 12.3 Å². The van der Waals surface area contributed by atoms with Crippen LogP contribution >= 0.6 is 11.8 Å². The Morgan fingerprint density at radius 2 is 1.94 bits per heavy atom. The predicted molar refractivity (Wildman–Crippen MR) is 121 cm³/mol. The zero-order valence-corrected chi connectivity index (χ0v) is 18.1. The normalized spacial score (nSPS) is 10.9. The van der Waals surface area contributed by atoms with Crippen LogP contribution < -0.4 is 10.9 Å². The van der Waals surface area contributed by atoms with Crippen molar-refractivity contribution in [3.8, 4) is 0 Å². The van der Waals surface area contributed by atoms with E-state index < -0.39 is 16.7 Å². The lowest BCUT2D eigenvalue weighted by Gasteiger charge is -2.09. The molecule has 0 aliphatic heterocycles. The number of nitro groups is 1. The highest BCUT2D eigenvalue weighted by atomic mass is 32.2. The minimum absolute atomic E-state index is 0.0792. The number of fused-ring (bicyclic) bond motifs is 1. The van der Waals surface area contributed by atoms with Crippen LogP contribution in [0.15, 0.2) is 53.6 Å². The number of hydrazine groups is 1. The van der Waals surface area contributed by atoms with E-state index in [1.165, 1.54) is 23.9 Å². The van der Waals surface area contributed by atoms with Crippen LogP contribution in [-0.4, -0.2) is 27.5 Å². The Morgan fingerprint density at radius 3 is 2.68 bits per heavy atom. The largest absolute Gasteiger partial charge is 0.361 e. The molecule has 0 spiro atoms. The lowest BCUT2D eigenvalue weighted by molar-refractivity contribution is -0.387. The Bertz CT molecular complexity index is 1110. The maximum atomic E-state index is 12.4. The first-order valence-electron chi connectivity index (χ1n) is 9.90. The van der Waals surface area contributed by atoms with Crippen molar-refractivity contribution in [1.82, 2.24) is 15.8 Å². The molecule has 0 unspecified atom stereocenters. The summed E-state index contributed by atoms with van der Waals surface area (Å²) in [5, 5.41) is 12.4. The summed E-state index contributed by atoms with van der Waals surface area (Å²) in [7, 11) is 0. The minimum Gasteiger partial charge on any atom is -0.361 e. The number of thioether (sulfide) groups is 1. The van der Waals surface area contributed by atoms with E-state index in [1.807, 2.05) is 24.3 Å². The van der Waals surface area contributed by atoms with Crippen molar-refractivity contribution >= 4 is 40.2 Å². The summed E-state index contributed by atoms with van der Waals surface area (Å²) in [6, 6.07) is 11.9. The number of carbonyl (C=O) groups excluding carboxylic acids is 2. The van der Waals surface area contributed by atoms with Gasteiger partial charge in [0.05, 0.1) is 16.2 Å². The van der Waals surface area contributed by atoms with Crippen molar-refractivity contribution in [2.45, 2.75) is 31.6 Å². The third kappa shape index (κ3) is 5.85. The number of nitrogens with one attached hydrogen (secondary N) is 3. The van der Waals surface area contributed by atoms with E-state index in [4.69, 9.17) is 0 Å². The molecule has 162 valence electrons. The Morgan fingerprint density at radius 1 is 1.16 bits per heavy atom. The molecule has 1 aromatic heterocycles. The summed E-state index contributed by atoms with van der Waals surface area (Å²) >= 11 is 1.40. The minimum atomic E-state index is -0.617. The topological polar surface area (TPSA) is 117 Å². The molecule has 3 aromatic rings. The summed E-state index contributed by atoms with van der Waals surface area (Å²) in [5.41, 5.74) is 6.41. The number of rotatable bonds is 8. The van der Waals surface area contributed by atoms with Gasteiger partial charge in [-0.05, 0) is 41.9 Å². The Hall–Kier alpha value is -3.33. The zero-order valence-electron chi connectivity index (χ0n) is 17.3. The smallest absolute Gasteiger partial charge is 0.283 e. The van der Waals surface area contributed by atoms with Crippen molar-refractivity contribution in [1.29, 1.82) is 0 Å². The number of carbonyl (C=O) groups is 2. The van der Waals surface area contributed by atoms with Gasteiger partial charge in [0.25, 0.3) is 11.6 Å². The average molecular weight is 441 g/mol. The van der Waals surface area contributed by atoms with E-state index in [2.05, 4.69) is 29.7 Å². The van der Waals surface area contributed by atoms with E-state index in [0.717, 1.165) is 28.6 Å². The van der Waals surface area contributed by atoms with Crippen LogP contribution in [0.4, 0.5) is 5.69 Å². The van der Waals surface area contributed by atoms with E-state index in [9.17, 15) is 19.7 Å². The summed E-state index contributed by atoms with van der Waals surface area (Å²) in [6.45, 7) is 4.18. The Kier molecular flexibility index (Phi) is 7.30. The molecule has 3 rings (SSSR count). The number of para-hydroxylation sites is 1. The van der Waals surface area contributed by atoms with Crippen LogP contribution in [0.5, 0.6) is 0 Å². The second kappa shape index (κ2) is 10.1.